The average Bonchev–Trinajstić information content (AvgIpc) is 1.93. The molecule has 12 atom stereocenters. The Morgan fingerprint density at radius 2 is 0.795 bits per heavy atom. The van der Waals surface area contributed by atoms with Gasteiger partial charge in [0.1, 0.15) is 48.8 Å². The summed E-state index contributed by atoms with van der Waals surface area (Å²) < 4.78 is 22.8. The molecule has 88 heavy (non-hydrogen) atoms. The first-order chi connectivity index (χ1) is 43.1. The van der Waals surface area contributed by atoms with Crippen molar-refractivity contribution in [2.24, 2.45) is 0 Å². The first-order valence-electron chi connectivity index (χ1n) is 34.4. The van der Waals surface area contributed by atoms with Gasteiger partial charge in [-0.15, -0.1) is 0 Å². The quantitative estimate of drug-likeness (QED) is 0.0204. The van der Waals surface area contributed by atoms with Crippen molar-refractivity contribution < 1.29 is 64.6 Å². The van der Waals surface area contributed by atoms with Gasteiger partial charge < -0.3 is 65.1 Å². The van der Waals surface area contributed by atoms with E-state index in [-0.39, 0.29) is 18.9 Å². The van der Waals surface area contributed by atoms with Crippen LogP contribution in [0.15, 0.2) is 134 Å². The second-order valence-corrected chi connectivity index (χ2v) is 23.5. The number of rotatable bonds is 54. The molecule has 2 rings (SSSR count). The Bertz CT molecular complexity index is 1990. The Morgan fingerprint density at radius 3 is 1.25 bits per heavy atom. The van der Waals surface area contributed by atoms with Gasteiger partial charge in [-0.3, -0.25) is 4.79 Å². The van der Waals surface area contributed by atoms with Crippen molar-refractivity contribution in [3.8, 4) is 0 Å². The van der Waals surface area contributed by atoms with Gasteiger partial charge in [0.15, 0.2) is 12.6 Å². The SMILES string of the molecule is CC/C=C\C/C=C\C/C=C\C/C=C\C/C=C\C/C=C\C/C=C\C/C=C\CCCCC(=O)NC(COC1OC(CO)C(OC2OC(CO)C(O)C(O)C2O)C(O)C1O)C(O)/C=C/CC/C=C/CC/C=C/CCCCCCCCCCCCCCCCCCC. The zero-order valence-corrected chi connectivity index (χ0v) is 54.4. The molecule has 0 spiro atoms. The molecule has 0 saturated carbocycles. The first kappa shape index (κ1) is 80.2. The zero-order valence-electron chi connectivity index (χ0n) is 54.4. The molecule has 2 fully saturated rings. The van der Waals surface area contributed by atoms with Gasteiger partial charge >= 0.3 is 0 Å². The molecule has 0 aromatic heterocycles. The minimum Gasteiger partial charge on any atom is -0.394 e. The maximum atomic E-state index is 13.3. The third kappa shape index (κ3) is 40.8. The van der Waals surface area contributed by atoms with E-state index in [4.69, 9.17) is 18.9 Å². The Kier molecular flexibility index (Phi) is 52.0. The van der Waals surface area contributed by atoms with Crippen LogP contribution in [0.3, 0.4) is 0 Å². The summed E-state index contributed by atoms with van der Waals surface area (Å²) in [6.45, 7) is 2.63. The summed E-state index contributed by atoms with van der Waals surface area (Å²) >= 11 is 0. The standard InChI is InChI=1S/C74H123NO13/c1-3-5-7-9-11-13-15-17-19-21-23-25-27-29-31-33-35-37-39-41-43-45-47-49-51-53-55-57-63(78)62(61-85-73-71(84)69(82)72(65(60-77)87-73)88-74-70(83)68(81)67(80)64(59-76)86-74)75-66(79)58-56-54-52-50-48-46-44-42-40-38-36-34-32-30-28-26-24-22-20-18-16-14-12-10-8-6-4-2/h6,8,12,14,18,20,24,26,30,32,36,38-39,41-42,44,47-50,55,57,62-65,67-74,76-78,80-84H,3-5,7,9-11,13,15-17,19,21-23,25,27-29,31,33-35,37,40,43,45-46,51-54,56,58-61H2,1-2H3,(H,75,79)/b8-6-,14-12-,20-18-,26-24-,32-30-,38-36-,41-39+,44-42-,49-47+,50-48-,57-55+. The molecule has 1 amide bonds. The predicted octanol–water partition coefficient (Wildman–Crippen LogP) is 13.9. The number of ether oxygens (including phenoxy) is 4. The molecule has 14 nitrogen and oxygen atoms in total. The van der Waals surface area contributed by atoms with E-state index in [2.05, 4.69) is 141 Å². The van der Waals surface area contributed by atoms with E-state index in [9.17, 15) is 45.6 Å². The molecule has 0 aromatic rings. The smallest absolute Gasteiger partial charge is 0.220 e. The monoisotopic (exact) mass is 1230 g/mol. The summed E-state index contributed by atoms with van der Waals surface area (Å²) in [5, 5.41) is 87.3. The number of carbonyl (C=O) groups excluding carboxylic acids is 1. The van der Waals surface area contributed by atoms with Crippen LogP contribution in [0.5, 0.6) is 0 Å². The molecular weight excluding hydrogens is 1110 g/mol. The van der Waals surface area contributed by atoms with Crippen LogP contribution >= 0.6 is 0 Å². The van der Waals surface area contributed by atoms with Crippen molar-refractivity contribution in [3.05, 3.63) is 134 Å². The zero-order chi connectivity index (χ0) is 63.8. The fraction of sp³-hybridized carbons (Fsp3) is 0.689. The van der Waals surface area contributed by atoms with E-state index in [0.29, 0.717) is 12.8 Å². The number of allylic oxidation sites excluding steroid dienone is 21. The lowest BCUT2D eigenvalue weighted by molar-refractivity contribution is -0.359. The molecule has 2 aliphatic rings. The van der Waals surface area contributed by atoms with Crippen LogP contribution in [0.2, 0.25) is 0 Å². The highest BCUT2D eigenvalue weighted by atomic mass is 16.7. The number of unbranched alkanes of at least 4 members (excludes halogenated alkanes) is 21. The highest BCUT2D eigenvalue weighted by Gasteiger charge is 2.51. The van der Waals surface area contributed by atoms with Crippen LogP contribution in [0, 0.1) is 0 Å². The largest absolute Gasteiger partial charge is 0.394 e. The number of hydrogen-bond acceptors (Lipinski definition) is 13. The number of amides is 1. The number of carbonyl (C=O) groups is 1. The fourth-order valence-corrected chi connectivity index (χ4v) is 10.3. The van der Waals surface area contributed by atoms with Gasteiger partial charge in [0.05, 0.1) is 32.0 Å². The lowest BCUT2D eigenvalue weighted by atomic mass is 9.97. The molecular formula is C74H123NO13. The third-order valence-corrected chi connectivity index (χ3v) is 15.8. The van der Waals surface area contributed by atoms with Crippen LogP contribution in [-0.4, -0.2) is 140 Å². The predicted molar refractivity (Wildman–Crippen MR) is 359 cm³/mol. The van der Waals surface area contributed by atoms with Gasteiger partial charge in [-0.05, 0) is 109 Å². The Morgan fingerprint density at radius 1 is 0.420 bits per heavy atom. The molecule has 2 saturated heterocycles. The van der Waals surface area contributed by atoms with E-state index in [1.807, 2.05) is 6.08 Å². The van der Waals surface area contributed by atoms with Crippen molar-refractivity contribution in [2.45, 2.75) is 306 Å². The molecule has 2 heterocycles. The van der Waals surface area contributed by atoms with E-state index >= 15 is 0 Å². The maximum Gasteiger partial charge on any atom is 0.220 e. The Hall–Kier alpha value is -3.87. The number of nitrogens with one attached hydrogen (secondary N) is 1. The number of aliphatic hydroxyl groups excluding tert-OH is 8. The second-order valence-electron chi connectivity index (χ2n) is 23.5. The normalized spacial score (nSPS) is 24.0. The van der Waals surface area contributed by atoms with Gasteiger partial charge in [0, 0.05) is 6.42 Å². The molecule has 0 bridgehead atoms. The van der Waals surface area contributed by atoms with Gasteiger partial charge in [-0.2, -0.15) is 0 Å². The minimum absolute atomic E-state index is 0.205. The maximum absolute atomic E-state index is 13.3. The summed E-state index contributed by atoms with van der Waals surface area (Å²) in [6.07, 6.45) is 67.9. The highest BCUT2D eigenvalue weighted by molar-refractivity contribution is 5.76. The van der Waals surface area contributed by atoms with Crippen molar-refractivity contribution in [1.82, 2.24) is 5.32 Å². The molecule has 12 unspecified atom stereocenters. The van der Waals surface area contributed by atoms with Gasteiger partial charge in [0.2, 0.25) is 5.91 Å². The summed E-state index contributed by atoms with van der Waals surface area (Å²) in [6, 6.07) is -0.974. The summed E-state index contributed by atoms with van der Waals surface area (Å²) in [7, 11) is 0. The van der Waals surface area contributed by atoms with Crippen LogP contribution < -0.4 is 5.32 Å². The second kappa shape index (κ2) is 57.1. The van der Waals surface area contributed by atoms with E-state index < -0.39 is 86.8 Å². The molecule has 14 heteroatoms. The van der Waals surface area contributed by atoms with Crippen LogP contribution in [0.1, 0.15) is 232 Å². The summed E-state index contributed by atoms with van der Waals surface area (Å²) in [4.78, 5) is 13.3. The van der Waals surface area contributed by atoms with Gasteiger partial charge in [-0.1, -0.05) is 250 Å². The minimum atomic E-state index is -1.81. The highest BCUT2D eigenvalue weighted by Crippen LogP contribution is 2.30. The molecule has 2 aliphatic heterocycles. The Balaban J connectivity index is 1.76. The van der Waals surface area contributed by atoms with Gasteiger partial charge in [-0.25, -0.2) is 0 Å². The lowest BCUT2D eigenvalue weighted by Gasteiger charge is -2.46. The lowest BCUT2D eigenvalue weighted by Crippen LogP contribution is -2.65. The average molecular weight is 1230 g/mol. The van der Waals surface area contributed by atoms with Crippen LogP contribution in [0.4, 0.5) is 0 Å². The molecule has 0 aromatic carbocycles. The van der Waals surface area contributed by atoms with Crippen molar-refractivity contribution in [1.29, 1.82) is 0 Å². The Labute approximate surface area is 532 Å². The summed E-state index contributed by atoms with van der Waals surface area (Å²) in [5.41, 5.74) is 0. The van der Waals surface area contributed by atoms with Crippen molar-refractivity contribution in [3.63, 3.8) is 0 Å². The molecule has 9 N–H and O–H groups in total. The van der Waals surface area contributed by atoms with Crippen LogP contribution in [0.25, 0.3) is 0 Å². The van der Waals surface area contributed by atoms with Crippen molar-refractivity contribution >= 4 is 5.91 Å². The third-order valence-electron chi connectivity index (χ3n) is 15.8. The van der Waals surface area contributed by atoms with Crippen molar-refractivity contribution in [2.75, 3.05) is 19.8 Å². The summed E-state index contributed by atoms with van der Waals surface area (Å²) in [5.74, 6) is -0.300. The molecule has 0 radical (unpaired) electrons. The van der Waals surface area contributed by atoms with Crippen LogP contribution in [-0.2, 0) is 23.7 Å². The topological polar surface area (TPSA) is 228 Å². The number of hydrogen-bond donors (Lipinski definition) is 9. The van der Waals surface area contributed by atoms with Gasteiger partial charge in [0.25, 0.3) is 0 Å². The molecule has 0 aliphatic carbocycles. The first-order valence-corrected chi connectivity index (χ1v) is 34.4. The number of aliphatic hydroxyl groups is 8. The fourth-order valence-electron chi connectivity index (χ4n) is 10.3. The van der Waals surface area contributed by atoms with E-state index in [0.717, 1.165) is 89.9 Å². The molecule has 502 valence electrons. The van der Waals surface area contributed by atoms with E-state index in [1.54, 1.807) is 6.08 Å². The van der Waals surface area contributed by atoms with E-state index in [1.165, 1.54) is 109 Å².